The average molecular weight is 728 g/mol. The Labute approximate surface area is 308 Å². The number of carbonyl (C=O) groups excluding carboxylic acids is 1. The molecule has 50 heavy (non-hydrogen) atoms. The second kappa shape index (κ2) is 33.5. The molecule has 294 valence electrons. The molecule has 0 spiro atoms. The van der Waals surface area contributed by atoms with Gasteiger partial charge in [-0.25, -0.2) is 4.57 Å². The first-order valence-electron chi connectivity index (χ1n) is 20.4. The van der Waals surface area contributed by atoms with Crippen LogP contribution < -0.4 is 5.32 Å². The minimum Gasteiger partial charge on any atom is -0.387 e. The van der Waals surface area contributed by atoms with E-state index < -0.39 is 20.0 Å². The summed E-state index contributed by atoms with van der Waals surface area (Å²) in [5, 5.41) is 13.4. The lowest BCUT2D eigenvalue weighted by molar-refractivity contribution is -0.870. The number of carbonyl (C=O) groups is 1. The van der Waals surface area contributed by atoms with Crippen molar-refractivity contribution in [2.24, 2.45) is 0 Å². The highest BCUT2D eigenvalue weighted by molar-refractivity contribution is 7.47. The van der Waals surface area contributed by atoms with Crippen molar-refractivity contribution in [3.63, 3.8) is 0 Å². The highest BCUT2D eigenvalue weighted by Crippen LogP contribution is 2.43. The molecule has 1 amide bonds. The van der Waals surface area contributed by atoms with Gasteiger partial charge in [0.25, 0.3) is 0 Å². The highest BCUT2D eigenvalue weighted by atomic mass is 31.2. The quantitative estimate of drug-likeness (QED) is 0.0257. The minimum atomic E-state index is -4.31. The number of phosphoric acid groups is 1. The van der Waals surface area contributed by atoms with Gasteiger partial charge in [0.2, 0.25) is 5.91 Å². The summed E-state index contributed by atoms with van der Waals surface area (Å²) in [6, 6.07) is -0.862. The number of nitrogens with zero attached hydrogens (tertiary/aromatic N) is 1. The lowest BCUT2D eigenvalue weighted by atomic mass is 10.0. The van der Waals surface area contributed by atoms with Gasteiger partial charge in [0.05, 0.1) is 39.9 Å². The number of amides is 1. The Kier molecular flexibility index (Phi) is 32.7. The normalized spacial score (nSPS) is 14.9. The molecule has 0 aromatic carbocycles. The number of aliphatic hydroxyl groups excluding tert-OH is 1. The van der Waals surface area contributed by atoms with Crippen LogP contribution in [0.3, 0.4) is 0 Å². The van der Waals surface area contributed by atoms with Crippen molar-refractivity contribution < 1.29 is 32.9 Å². The Hall–Kier alpha value is -1.28. The number of quaternary nitrogens is 1. The first-order chi connectivity index (χ1) is 24.0. The van der Waals surface area contributed by atoms with Gasteiger partial charge < -0.3 is 19.8 Å². The fourth-order valence-corrected chi connectivity index (χ4v) is 6.32. The van der Waals surface area contributed by atoms with Crippen molar-refractivity contribution in [3.05, 3.63) is 36.5 Å². The first-order valence-corrected chi connectivity index (χ1v) is 21.9. The predicted molar refractivity (Wildman–Crippen MR) is 212 cm³/mol. The molecule has 0 aromatic rings. The number of allylic oxidation sites excluding steroid dienone is 5. The van der Waals surface area contributed by atoms with Crippen molar-refractivity contribution >= 4 is 13.7 Å². The van der Waals surface area contributed by atoms with Crippen LogP contribution in [-0.2, 0) is 18.4 Å². The van der Waals surface area contributed by atoms with Crippen LogP contribution in [0.4, 0.5) is 0 Å². The number of likely N-dealkylation sites (N-methyl/N-ethyl adjacent to an activating group) is 1. The zero-order valence-electron chi connectivity index (χ0n) is 33.1. The minimum absolute atomic E-state index is 0.0516. The highest BCUT2D eigenvalue weighted by Gasteiger charge is 2.27. The van der Waals surface area contributed by atoms with Crippen LogP contribution in [0.1, 0.15) is 168 Å². The van der Waals surface area contributed by atoms with Gasteiger partial charge >= 0.3 is 7.82 Å². The molecule has 0 radical (unpaired) electrons. The van der Waals surface area contributed by atoms with Crippen molar-refractivity contribution in [1.82, 2.24) is 5.32 Å². The lowest BCUT2D eigenvalue weighted by Gasteiger charge is -2.25. The van der Waals surface area contributed by atoms with Crippen LogP contribution in [-0.4, -0.2) is 73.4 Å². The Morgan fingerprint density at radius 3 is 1.56 bits per heavy atom. The summed E-state index contributed by atoms with van der Waals surface area (Å²) in [7, 11) is 1.54. The summed E-state index contributed by atoms with van der Waals surface area (Å²) in [5.74, 6) is -0.246. The zero-order valence-corrected chi connectivity index (χ0v) is 34.0. The number of phosphoric ester groups is 1. The lowest BCUT2D eigenvalue weighted by Crippen LogP contribution is -2.45. The standard InChI is InChI=1S/C41H79N2O6P/c1-6-8-9-10-11-12-13-14-15-16-17-18-19-20-21-22-23-24-25-26-27-28-29-30-31-32-33-35-40(44)39(42-41(45)34-7-2)38-49-50(46,47)48-37-36-43(3,4)5/h25-26,29-30,33,35,39-40,44H,6-24,27-28,31-32,34,36-38H2,1-5H3,(H-,42,45,46,47)/p+1/b26-25+,30-29+,35-33+. The van der Waals surface area contributed by atoms with E-state index in [9.17, 15) is 19.4 Å². The van der Waals surface area contributed by atoms with E-state index in [4.69, 9.17) is 9.05 Å². The molecule has 3 atom stereocenters. The molecule has 8 nitrogen and oxygen atoms in total. The van der Waals surface area contributed by atoms with E-state index in [1.807, 2.05) is 34.1 Å². The monoisotopic (exact) mass is 728 g/mol. The van der Waals surface area contributed by atoms with Crippen LogP contribution in [0.5, 0.6) is 0 Å². The molecule has 0 rings (SSSR count). The van der Waals surface area contributed by atoms with E-state index in [1.54, 1.807) is 6.08 Å². The Morgan fingerprint density at radius 2 is 1.10 bits per heavy atom. The molecule has 0 heterocycles. The van der Waals surface area contributed by atoms with Gasteiger partial charge in [-0.05, 0) is 44.9 Å². The molecule has 3 unspecified atom stereocenters. The van der Waals surface area contributed by atoms with E-state index in [0.29, 0.717) is 23.9 Å². The van der Waals surface area contributed by atoms with Gasteiger partial charge in [0.1, 0.15) is 13.2 Å². The van der Waals surface area contributed by atoms with E-state index in [0.717, 1.165) is 25.7 Å². The third-order valence-electron chi connectivity index (χ3n) is 8.81. The molecular weight excluding hydrogens is 647 g/mol. The smallest absolute Gasteiger partial charge is 0.387 e. The molecular formula is C41H80N2O6P+. The van der Waals surface area contributed by atoms with Crippen LogP contribution in [0, 0.1) is 0 Å². The third kappa shape index (κ3) is 35.1. The van der Waals surface area contributed by atoms with Crippen LogP contribution in [0.15, 0.2) is 36.5 Å². The van der Waals surface area contributed by atoms with Crippen molar-refractivity contribution in [2.75, 3.05) is 40.9 Å². The van der Waals surface area contributed by atoms with Gasteiger partial charge in [-0.15, -0.1) is 0 Å². The van der Waals surface area contributed by atoms with Crippen LogP contribution in [0.2, 0.25) is 0 Å². The summed E-state index contributed by atoms with van der Waals surface area (Å²) in [6.45, 7) is 4.41. The van der Waals surface area contributed by atoms with Gasteiger partial charge in [-0.1, -0.05) is 153 Å². The molecule has 0 saturated carbocycles. The predicted octanol–water partition coefficient (Wildman–Crippen LogP) is 10.7. The van der Waals surface area contributed by atoms with E-state index >= 15 is 0 Å². The molecule has 3 N–H and O–H groups in total. The fraction of sp³-hybridized carbons (Fsp3) is 0.829. The van der Waals surface area contributed by atoms with Crippen molar-refractivity contribution in [3.8, 4) is 0 Å². The first kappa shape index (κ1) is 48.7. The molecule has 0 aromatic heterocycles. The molecule has 0 aliphatic carbocycles. The molecule has 0 aliphatic heterocycles. The average Bonchev–Trinajstić information content (AvgIpc) is 3.05. The van der Waals surface area contributed by atoms with Crippen LogP contribution >= 0.6 is 7.82 Å². The molecule has 0 bridgehead atoms. The Morgan fingerprint density at radius 1 is 0.660 bits per heavy atom. The Bertz CT molecular complexity index is 917. The van der Waals surface area contributed by atoms with Gasteiger partial charge in [-0.2, -0.15) is 0 Å². The van der Waals surface area contributed by atoms with Crippen molar-refractivity contribution in [1.29, 1.82) is 0 Å². The van der Waals surface area contributed by atoms with E-state index in [2.05, 4.69) is 36.5 Å². The SMILES string of the molecule is CCCCCCCCCCCCCCCCCCC/C=C/CC/C=C/CC/C=C/C(O)C(COP(=O)(O)OCC[N+](C)(C)C)NC(=O)CCC. The second-order valence-corrected chi connectivity index (χ2v) is 16.5. The Balaban J connectivity index is 3.95. The maximum Gasteiger partial charge on any atom is 0.472 e. The third-order valence-corrected chi connectivity index (χ3v) is 9.79. The fourth-order valence-electron chi connectivity index (χ4n) is 5.59. The number of nitrogens with one attached hydrogen (secondary N) is 1. The summed E-state index contributed by atoms with van der Waals surface area (Å²) < 4.78 is 23.1. The van der Waals surface area contributed by atoms with Gasteiger partial charge in [0.15, 0.2) is 0 Å². The number of rotatable bonds is 36. The van der Waals surface area contributed by atoms with E-state index in [-0.39, 0.29) is 19.1 Å². The number of hydrogen-bond donors (Lipinski definition) is 3. The number of hydrogen-bond acceptors (Lipinski definition) is 5. The number of unbranched alkanes of at least 4 members (excludes halogenated alkanes) is 19. The van der Waals surface area contributed by atoms with Gasteiger partial charge in [0, 0.05) is 6.42 Å². The topological polar surface area (TPSA) is 105 Å². The van der Waals surface area contributed by atoms with Gasteiger partial charge in [-0.3, -0.25) is 13.8 Å². The zero-order chi connectivity index (χ0) is 37.2. The largest absolute Gasteiger partial charge is 0.472 e. The maximum absolute atomic E-state index is 12.3. The van der Waals surface area contributed by atoms with Crippen molar-refractivity contribution in [2.45, 2.75) is 180 Å². The molecule has 9 heteroatoms. The summed E-state index contributed by atoms with van der Waals surface area (Å²) in [4.78, 5) is 22.2. The number of aliphatic hydroxyl groups is 1. The maximum atomic E-state index is 12.3. The van der Waals surface area contributed by atoms with Crippen LogP contribution in [0.25, 0.3) is 0 Å². The summed E-state index contributed by atoms with van der Waals surface area (Å²) in [5.41, 5.74) is 0. The summed E-state index contributed by atoms with van der Waals surface area (Å²) >= 11 is 0. The van der Waals surface area contributed by atoms with E-state index in [1.165, 1.54) is 116 Å². The molecule has 0 saturated heterocycles. The summed E-state index contributed by atoms with van der Waals surface area (Å²) in [6.07, 6.45) is 41.1. The molecule has 0 fully saturated rings. The second-order valence-electron chi connectivity index (χ2n) is 15.0. The molecule has 0 aliphatic rings.